The third-order valence-electron chi connectivity index (χ3n) is 5.09. The summed E-state index contributed by atoms with van der Waals surface area (Å²) < 4.78 is 1.25. The number of H-pyrrole nitrogens is 1. The van der Waals surface area contributed by atoms with Gasteiger partial charge in [-0.2, -0.15) is 0 Å². The molecule has 0 bridgehead atoms. The number of anilines is 2. The summed E-state index contributed by atoms with van der Waals surface area (Å²) in [5.74, 6) is 0.348. The van der Waals surface area contributed by atoms with E-state index in [1.165, 1.54) is 11.6 Å². The summed E-state index contributed by atoms with van der Waals surface area (Å²) in [6.07, 6.45) is 4.62. The van der Waals surface area contributed by atoms with Gasteiger partial charge < -0.3 is 15.7 Å². The van der Waals surface area contributed by atoms with Crippen molar-refractivity contribution in [2.24, 2.45) is 13.0 Å². The van der Waals surface area contributed by atoms with E-state index in [0.29, 0.717) is 25.2 Å². The Morgan fingerprint density at radius 1 is 1.33 bits per heavy atom. The lowest BCUT2D eigenvalue weighted by Crippen LogP contribution is -2.54. The molecule has 7 heteroatoms. The molecule has 116 valence electrons. The van der Waals surface area contributed by atoms with Crippen molar-refractivity contribution in [3.63, 3.8) is 0 Å². The third-order valence-corrected chi connectivity index (χ3v) is 5.09. The summed E-state index contributed by atoms with van der Waals surface area (Å²) in [5, 5.41) is 10.7. The van der Waals surface area contributed by atoms with E-state index in [1.807, 2.05) is 4.90 Å². The molecule has 1 aromatic rings. The second-order valence-electron chi connectivity index (χ2n) is 6.29. The molecule has 0 aromatic carbocycles. The van der Waals surface area contributed by atoms with E-state index in [-0.39, 0.29) is 11.7 Å². The van der Waals surface area contributed by atoms with E-state index in [4.69, 9.17) is 5.73 Å². The van der Waals surface area contributed by atoms with Gasteiger partial charge in [-0.05, 0) is 19.3 Å². The summed E-state index contributed by atoms with van der Waals surface area (Å²) >= 11 is 0. The van der Waals surface area contributed by atoms with Crippen LogP contribution in [0.4, 0.5) is 11.5 Å². The SMILES string of the molecule is Cn1c(N)c(N2CCC3(O)CCCCC3C2)c(=O)[nH]c1=O. The van der Waals surface area contributed by atoms with Crippen LogP contribution in [0.3, 0.4) is 0 Å². The van der Waals surface area contributed by atoms with E-state index >= 15 is 0 Å². The molecule has 2 aliphatic rings. The highest BCUT2D eigenvalue weighted by Crippen LogP contribution is 2.40. The topological polar surface area (TPSA) is 104 Å². The van der Waals surface area contributed by atoms with Gasteiger partial charge in [0.2, 0.25) is 0 Å². The zero-order valence-electron chi connectivity index (χ0n) is 12.3. The number of nitrogens with two attached hydrogens (primary N) is 1. The second kappa shape index (κ2) is 4.91. The van der Waals surface area contributed by atoms with Crippen LogP contribution < -0.4 is 21.9 Å². The van der Waals surface area contributed by atoms with Crippen LogP contribution in [0.5, 0.6) is 0 Å². The molecule has 0 spiro atoms. The van der Waals surface area contributed by atoms with Gasteiger partial charge in [0, 0.05) is 26.1 Å². The summed E-state index contributed by atoms with van der Waals surface area (Å²) in [4.78, 5) is 27.9. The van der Waals surface area contributed by atoms with Gasteiger partial charge in [-0.15, -0.1) is 0 Å². The van der Waals surface area contributed by atoms with Gasteiger partial charge in [0.25, 0.3) is 5.56 Å². The van der Waals surface area contributed by atoms with Gasteiger partial charge in [0.1, 0.15) is 11.5 Å². The number of hydrogen-bond donors (Lipinski definition) is 3. The molecular formula is C14H22N4O3. The van der Waals surface area contributed by atoms with Crippen LogP contribution >= 0.6 is 0 Å². The molecule has 1 aliphatic carbocycles. The van der Waals surface area contributed by atoms with E-state index in [1.54, 1.807) is 0 Å². The Morgan fingerprint density at radius 2 is 2.10 bits per heavy atom. The molecule has 0 amide bonds. The number of rotatable bonds is 1. The Bertz CT molecular complexity index is 665. The van der Waals surface area contributed by atoms with Gasteiger partial charge in [-0.1, -0.05) is 12.8 Å². The molecule has 2 fully saturated rings. The molecule has 1 saturated heterocycles. The van der Waals surface area contributed by atoms with E-state index in [0.717, 1.165) is 25.7 Å². The lowest BCUT2D eigenvalue weighted by atomic mass is 9.71. The normalized spacial score (nSPS) is 29.2. The first-order chi connectivity index (χ1) is 9.92. The van der Waals surface area contributed by atoms with Crippen molar-refractivity contribution < 1.29 is 5.11 Å². The van der Waals surface area contributed by atoms with Crippen molar-refractivity contribution in [3.05, 3.63) is 20.8 Å². The number of nitrogen functional groups attached to an aromatic ring is 1. The van der Waals surface area contributed by atoms with Crippen molar-refractivity contribution in [2.75, 3.05) is 23.7 Å². The van der Waals surface area contributed by atoms with Crippen LogP contribution in [0.1, 0.15) is 32.1 Å². The zero-order valence-corrected chi connectivity index (χ0v) is 12.3. The fourth-order valence-corrected chi connectivity index (χ4v) is 3.70. The highest BCUT2D eigenvalue weighted by molar-refractivity contribution is 5.62. The molecule has 2 atom stereocenters. The summed E-state index contributed by atoms with van der Waals surface area (Å²) in [6, 6.07) is 0. The minimum absolute atomic E-state index is 0.163. The third kappa shape index (κ3) is 2.25. The maximum Gasteiger partial charge on any atom is 0.329 e. The van der Waals surface area contributed by atoms with Crippen LogP contribution in [0.2, 0.25) is 0 Å². The minimum atomic E-state index is -0.600. The lowest BCUT2D eigenvalue weighted by Gasteiger charge is -2.48. The Balaban J connectivity index is 1.95. The molecule has 7 nitrogen and oxygen atoms in total. The smallest absolute Gasteiger partial charge is 0.329 e. The maximum atomic E-state index is 12.1. The number of aliphatic hydroxyl groups is 1. The van der Waals surface area contributed by atoms with Crippen LogP contribution in [0, 0.1) is 5.92 Å². The van der Waals surface area contributed by atoms with Gasteiger partial charge in [0.15, 0.2) is 0 Å². The largest absolute Gasteiger partial charge is 0.389 e. The van der Waals surface area contributed by atoms with E-state index < -0.39 is 16.9 Å². The van der Waals surface area contributed by atoms with Gasteiger partial charge in [-0.25, -0.2) is 4.79 Å². The Labute approximate surface area is 122 Å². The standard InChI is InChI=1S/C14H22N4O3/c1-17-11(15)10(12(19)16-13(17)20)18-7-6-14(21)5-3-2-4-9(14)8-18/h9,21H,2-8,15H2,1H3,(H,16,19,20). The van der Waals surface area contributed by atoms with Crippen molar-refractivity contribution in [3.8, 4) is 0 Å². The Morgan fingerprint density at radius 3 is 2.86 bits per heavy atom. The molecule has 1 aromatic heterocycles. The molecule has 2 heterocycles. The second-order valence-corrected chi connectivity index (χ2v) is 6.29. The van der Waals surface area contributed by atoms with E-state index in [2.05, 4.69) is 4.98 Å². The van der Waals surface area contributed by atoms with Crippen molar-refractivity contribution in [1.82, 2.24) is 9.55 Å². The number of fused-ring (bicyclic) bond motifs is 1. The molecule has 4 N–H and O–H groups in total. The maximum absolute atomic E-state index is 12.1. The summed E-state index contributed by atoms with van der Waals surface area (Å²) in [7, 11) is 1.54. The zero-order chi connectivity index (χ0) is 15.2. The molecule has 1 saturated carbocycles. The fraction of sp³-hybridized carbons (Fsp3) is 0.714. The predicted molar refractivity (Wildman–Crippen MR) is 80.5 cm³/mol. The summed E-state index contributed by atoms with van der Waals surface area (Å²) in [5.41, 5.74) is 4.75. The summed E-state index contributed by atoms with van der Waals surface area (Å²) in [6.45, 7) is 1.19. The number of nitrogens with zero attached hydrogens (tertiary/aromatic N) is 2. The van der Waals surface area contributed by atoms with Crippen LogP contribution in [-0.4, -0.2) is 33.3 Å². The highest BCUT2D eigenvalue weighted by Gasteiger charge is 2.43. The number of aromatic nitrogens is 2. The number of aromatic amines is 1. The molecule has 2 unspecified atom stereocenters. The van der Waals surface area contributed by atoms with Crippen LogP contribution in [0.15, 0.2) is 9.59 Å². The number of hydrogen-bond acceptors (Lipinski definition) is 5. The Kier molecular flexibility index (Phi) is 3.32. The highest BCUT2D eigenvalue weighted by atomic mass is 16.3. The number of piperidine rings is 1. The average molecular weight is 294 g/mol. The van der Waals surface area contributed by atoms with Gasteiger partial charge in [-0.3, -0.25) is 14.3 Å². The first-order valence-electron chi connectivity index (χ1n) is 7.48. The molecule has 0 radical (unpaired) electrons. The van der Waals surface area contributed by atoms with Crippen LogP contribution in [0.25, 0.3) is 0 Å². The average Bonchev–Trinajstić information content (AvgIpc) is 2.45. The van der Waals surface area contributed by atoms with Crippen molar-refractivity contribution >= 4 is 11.5 Å². The van der Waals surface area contributed by atoms with Gasteiger partial charge in [0.05, 0.1) is 5.60 Å². The first-order valence-corrected chi connectivity index (χ1v) is 7.48. The lowest BCUT2D eigenvalue weighted by molar-refractivity contribution is -0.0612. The number of nitrogens with one attached hydrogen (secondary N) is 1. The molecule has 3 rings (SSSR count). The Hall–Kier alpha value is -1.76. The van der Waals surface area contributed by atoms with E-state index in [9.17, 15) is 14.7 Å². The fourth-order valence-electron chi connectivity index (χ4n) is 3.70. The predicted octanol–water partition coefficient (Wildman–Crippen LogP) is -0.213. The van der Waals surface area contributed by atoms with Crippen LogP contribution in [-0.2, 0) is 7.05 Å². The minimum Gasteiger partial charge on any atom is -0.389 e. The van der Waals surface area contributed by atoms with Crippen molar-refractivity contribution in [2.45, 2.75) is 37.7 Å². The first kappa shape index (κ1) is 14.2. The quantitative estimate of drug-likeness (QED) is 0.664. The van der Waals surface area contributed by atoms with Gasteiger partial charge >= 0.3 is 5.69 Å². The molecular weight excluding hydrogens is 272 g/mol. The molecule has 1 aliphatic heterocycles. The monoisotopic (exact) mass is 294 g/mol. The molecule has 21 heavy (non-hydrogen) atoms. The van der Waals surface area contributed by atoms with Crippen molar-refractivity contribution in [1.29, 1.82) is 0 Å².